The van der Waals surface area contributed by atoms with Crippen LogP contribution in [0.15, 0.2) is 48.5 Å². The molecule has 2 N–H and O–H groups in total. The second-order valence-electron chi connectivity index (χ2n) is 7.06. The number of esters is 1. The number of hydrogen-bond donors (Lipinski definition) is 2. The molecule has 0 aliphatic carbocycles. The van der Waals surface area contributed by atoms with Crippen molar-refractivity contribution in [2.75, 3.05) is 24.4 Å². The molecule has 0 atom stereocenters. The Hall–Kier alpha value is -3.55. The fourth-order valence-electron chi connectivity index (χ4n) is 2.23. The van der Waals surface area contributed by atoms with Crippen molar-refractivity contribution in [2.24, 2.45) is 0 Å². The monoisotopic (exact) mass is 400 g/mol. The second-order valence-corrected chi connectivity index (χ2v) is 7.06. The van der Waals surface area contributed by atoms with Gasteiger partial charge in [0.25, 0.3) is 5.91 Å². The summed E-state index contributed by atoms with van der Waals surface area (Å²) in [6.45, 7) is 4.79. The summed E-state index contributed by atoms with van der Waals surface area (Å²) in [7, 11) is 1.55. The molecule has 0 saturated carbocycles. The Kier molecular flexibility index (Phi) is 7.19. The molecule has 2 aromatic rings. The fraction of sp³-hybridized carbons (Fsp3) is 0.286. The van der Waals surface area contributed by atoms with E-state index in [0.29, 0.717) is 17.1 Å². The van der Waals surface area contributed by atoms with Gasteiger partial charge in [-0.25, -0.2) is 9.59 Å². The first-order chi connectivity index (χ1) is 13.7. The van der Waals surface area contributed by atoms with E-state index in [1.54, 1.807) is 64.3 Å². The highest BCUT2D eigenvalue weighted by Crippen LogP contribution is 2.16. The van der Waals surface area contributed by atoms with E-state index in [2.05, 4.69) is 10.6 Å². The van der Waals surface area contributed by atoms with E-state index < -0.39 is 30.2 Å². The highest BCUT2D eigenvalue weighted by atomic mass is 16.6. The zero-order chi connectivity index (χ0) is 21.4. The zero-order valence-corrected chi connectivity index (χ0v) is 16.8. The van der Waals surface area contributed by atoms with Gasteiger partial charge in [-0.3, -0.25) is 10.1 Å². The molecule has 2 amide bonds. The molecule has 0 aliphatic rings. The molecule has 0 saturated heterocycles. The Morgan fingerprint density at radius 3 is 2.24 bits per heavy atom. The average molecular weight is 400 g/mol. The number of anilines is 2. The minimum absolute atomic E-state index is 0.191. The van der Waals surface area contributed by atoms with Crippen molar-refractivity contribution >= 4 is 29.3 Å². The first kappa shape index (κ1) is 21.7. The lowest BCUT2D eigenvalue weighted by atomic mass is 10.2. The average Bonchev–Trinajstić information content (AvgIpc) is 2.65. The van der Waals surface area contributed by atoms with Gasteiger partial charge in [-0.1, -0.05) is 6.07 Å². The predicted octanol–water partition coefficient (Wildman–Crippen LogP) is 3.84. The third kappa shape index (κ3) is 7.53. The lowest BCUT2D eigenvalue weighted by Crippen LogP contribution is -2.27. The molecule has 0 unspecified atom stereocenters. The quantitative estimate of drug-likeness (QED) is 0.714. The van der Waals surface area contributed by atoms with E-state index in [0.717, 1.165) is 0 Å². The van der Waals surface area contributed by atoms with Gasteiger partial charge < -0.3 is 19.5 Å². The molecule has 29 heavy (non-hydrogen) atoms. The molecule has 0 fully saturated rings. The van der Waals surface area contributed by atoms with E-state index in [4.69, 9.17) is 14.2 Å². The van der Waals surface area contributed by atoms with Gasteiger partial charge in [-0.15, -0.1) is 0 Å². The van der Waals surface area contributed by atoms with Crippen LogP contribution in [0.3, 0.4) is 0 Å². The molecule has 0 aliphatic heterocycles. The highest BCUT2D eigenvalue weighted by Gasteiger charge is 2.17. The molecule has 2 aromatic carbocycles. The van der Waals surface area contributed by atoms with E-state index in [1.807, 2.05) is 0 Å². The zero-order valence-electron chi connectivity index (χ0n) is 16.8. The third-order valence-corrected chi connectivity index (χ3v) is 3.45. The van der Waals surface area contributed by atoms with E-state index in [-0.39, 0.29) is 5.56 Å². The number of amides is 2. The summed E-state index contributed by atoms with van der Waals surface area (Å²) >= 11 is 0. The molecule has 0 heterocycles. The standard InChI is InChI=1S/C21H24N2O6/c1-21(2,3)29-20(26)23-16-7-5-6-14(12-16)19(25)28-13-18(24)22-15-8-10-17(27-4)11-9-15/h5-12H,13H2,1-4H3,(H,22,24)(H,23,26). The number of carbonyl (C=O) groups is 3. The van der Waals surface area contributed by atoms with Gasteiger partial charge in [0.15, 0.2) is 6.61 Å². The van der Waals surface area contributed by atoms with Gasteiger partial charge in [-0.2, -0.15) is 0 Å². The molecular weight excluding hydrogens is 376 g/mol. The van der Waals surface area contributed by atoms with Crippen LogP contribution in [0, 0.1) is 0 Å². The first-order valence-electron chi connectivity index (χ1n) is 8.87. The lowest BCUT2D eigenvalue weighted by molar-refractivity contribution is -0.119. The molecular formula is C21H24N2O6. The Bertz CT molecular complexity index is 871. The topological polar surface area (TPSA) is 103 Å². The molecule has 0 aromatic heterocycles. The fourth-order valence-corrected chi connectivity index (χ4v) is 2.23. The molecule has 0 spiro atoms. The lowest BCUT2D eigenvalue weighted by Gasteiger charge is -2.19. The summed E-state index contributed by atoms with van der Waals surface area (Å²) in [6.07, 6.45) is -0.637. The van der Waals surface area contributed by atoms with Crippen molar-refractivity contribution in [2.45, 2.75) is 26.4 Å². The van der Waals surface area contributed by atoms with Crippen LogP contribution >= 0.6 is 0 Å². The van der Waals surface area contributed by atoms with Crippen molar-refractivity contribution in [3.05, 3.63) is 54.1 Å². The first-order valence-corrected chi connectivity index (χ1v) is 8.87. The van der Waals surface area contributed by atoms with Crippen LogP contribution in [0.25, 0.3) is 0 Å². The minimum atomic E-state index is -0.692. The van der Waals surface area contributed by atoms with Crippen LogP contribution in [-0.2, 0) is 14.3 Å². The van der Waals surface area contributed by atoms with Gasteiger partial charge in [0.05, 0.1) is 12.7 Å². The van der Waals surface area contributed by atoms with E-state index >= 15 is 0 Å². The summed E-state index contributed by atoms with van der Waals surface area (Å²) < 4.78 is 15.2. The SMILES string of the molecule is COc1ccc(NC(=O)COC(=O)c2cccc(NC(=O)OC(C)(C)C)c2)cc1. The normalized spacial score (nSPS) is 10.6. The van der Waals surface area contributed by atoms with Crippen molar-refractivity contribution in [1.82, 2.24) is 0 Å². The Morgan fingerprint density at radius 2 is 1.62 bits per heavy atom. The molecule has 2 rings (SSSR count). The molecule has 154 valence electrons. The Balaban J connectivity index is 1.88. The van der Waals surface area contributed by atoms with Crippen LogP contribution in [0.2, 0.25) is 0 Å². The van der Waals surface area contributed by atoms with Crippen LogP contribution < -0.4 is 15.4 Å². The van der Waals surface area contributed by atoms with Crippen molar-refractivity contribution in [3.63, 3.8) is 0 Å². The number of carbonyl (C=O) groups excluding carboxylic acids is 3. The number of benzene rings is 2. The van der Waals surface area contributed by atoms with Gasteiger partial charge in [0.2, 0.25) is 0 Å². The van der Waals surface area contributed by atoms with Crippen LogP contribution in [0.4, 0.5) is 16.2 Å². The highest BCUT2D eigenvalue weighted by molar-refractivity contribution is 5.96. The molecule has 0 radical (unpaired) electrons. The summed E-state index contributed by atoms with van der Waals surface area (Å²) in [5.74, 6) is -0.511. The van der Waals surface area contributed by atoms with Crippen molar-refractivity contribution in [3.8, 4) is 5.75 Å². The second kappa shape index (κ2) is 9.59. The van der Waals surface area contributed by atoms with E-state index in [1.165, 1.54) is 12.1 Å². The summed E-state index contributed by atoms with van der Waals surface area (Å²) in [5, 5.41) is 5.16. The van der Waals surface area contributed by atoms with Crippen molar-refractivity contribution in [1.29, 1.82) is 0 Å². The summed E-state index contributed by atoms with van der Waals surface area (Å²) in [6, 6.07) is 12.9. The maximum Gasteiger partial charge on any atom is 0.412 e. The number of nitrogens with one attached hydrogen (secondary N) is 2. The molecule has 8 heteroatoms. The number of rotatable bonds is 6. The molecule has 0 bridgehead atoms. The van der Waals surface area contributed by atoms with Crippen LogP contribution in [-0.4, -0.2) is 37.3 Å². The van der Waals surface area contributed by atoms with Gasteiger partial charge >= 0.3 is 12.1 Å². The maximum atomic E-state index is 12.2. The maximum absolute atomic E-state index is 12.2. The minimum Gasteiger partial charge on any atom is -0.497 e. The summed E-state index contributed by atoms with van der Waals surface area (Å²) in [5.41, 5.74) is 0.473. The largest absolute Gasteiger partial charge is 0.497 e. The third-order valence-electron chi connectivity index (χ3n) is 3.45. The van der Waals surface area contributed by atoms with Crippen LogP contribution in [0.5, 0.6) is 5.75 Å². The van der Waals surface area contributed by atoms with Gasteiger partial charge in [0, 0.05) is 11.4 Å². The van der Waals surface area contributed by atoms with Crippen LogP contribution in [0.1, 0.15) is 31.1 Å². The smallest absolute Gasteiger partial charge is 0.412 e. The number of hydrogen-bond acceptors (Lipinski definition) is 6. The summed E-state index contributed by atoms with van der Waals surface area (Å²) in [4.78, 5) is 36.0. The van der Waals surface area contributed by atoms with Crippen molar-refractivity contribution < 1.29 is 28.6 Å². The van der Waals surface area contributed by atoms with E-state index in [9.17, 15) is 14.4 Å². The van der Waals surface area contributed by atoms with Gasteiger partial charge in [-0.05, 0) is 63.2 Å². The number of ether oxygens (including phenoxy) is 3. The number of methoxy groups -OCH3 is 1. The van der Waals surface area contributed by atoms with Gasteiger partial charge in [0.1, 0.15) is 11.4 Å². The Labute approximate surface area is 169 Å². The molecule has 8 nitrogen and oxygen atoms in total. The predicted molar refractivity (Wildman–Crippen MR) is 108 cm³/mol. The Morgan fingerprint density at radius 1 is 0.931 bits per heavy atom.